The lowest BCUT2D eigenvalue weighted by atomic mass is 10.1. The summed E-state index contributed by atoms with van der Waals surface area (Å²) in [6.07, 6.45) is 2.26. The van der Waals surface area contributed by atoms with Crippen molar-refractivity contribution in [2.75, 3.05) is 20.1 Å². The fourth-order valence-corrected chi connectivity index (χ4v) is 1.30. The molecule has 0 aliphatic heterocycles. The Morgan fingerprint density at radius 3 is 2.43 bits per heavy atom. The molecule has 0 heterocycles. The van der Waals surface area contributed by atoms with Crippen LogP contribution in [0.3, 0.4) is 0 Å². The fourth-order valence-electron chi connectivity index (χ4n) is 1.30. The number of carbonyl (C=O) groups is 1. The first-order valence-electron chi connectivity index (χ1n) is 5.50. The minimum absolute atomic E-state index is 0.0686. The summed E-state index contributed by atoms with van der Waals surface area (Å²) in [5, 5.41) is 5.94. The van der Waals surface area contributed by atoms with Gasteiger partial charge >= 0.3 is 0 Å². The van der Waals surface area contributed by atoms with Crippen molar-refractivity contribution in [3.63, 3.8) is 0 Å². The lowest BCUT2D eigenvalue weighted by Crippen LogP contribution is -2.34. The molecule has 3 heteroatoms. The Labute approximate surface area is 87.6 Å². The molecule has 0 radical (unpaired) electrons. The zero-order valence-corrected chi connectivity index (χ0v) is 9.89. The van der Waals surface area contributed by atoms with E-state index in [1.807, 2.05) is 14.0 Å². The van der Waals surface area contributed by atoms with Crippen molar-refractivity contribution in [3.05, 3.63) is 0 Å². The summed E-state index contributed by atoms with van der Waals surface area (Å²) in [5.41, 5.74) is 0. The molecule has 0 fully saturated rings. The van der Waals surface area contributed by atoms with E-state index in [1.165, 1.54) is 6.42 Å². The van der Waals surface area contributed by atoms with Crippen LogP contribution in [0, 0.1) is 11.8 Å². The van der Waals surface area contributed by atoms with Crippen LogP contribution in [0.4, 0.5) is 0 Å². The third-order valence-electron chi connectivity index (χ3n) is 2.22. The Morgan fingerprint density at radius 1 is 1.29 bits per heavy atom. The van der Waals surface area contributed by atoms with Crippen LogP contribution in [0.2, 0.25) is 0 Å². The number of hydrogen-bond acceptors (Lipinski definition) is 2. The molecule has 1 unspecified atom stereocenters. The first-order valence-corrected chi connectivity index (χ1v) is 5.50. The average Bonchev–Trinajstić information content (AvgIpc) is 2.12. The Balaban J connectivity index is 3.44. The summed E-state index contributed by atoms with van der Waals surface area (Å²) < 4.78 is 0. The number of carbonyl (C=O) groups excluding carboxylic acids is 1. The van der Waals surface area contributed by atoms with Gasteiger partial charge in [0, 0.05) is 19.0 Å². The zero-order chi connectivity index (χ0) is 11.0. The number of rotatable bonds is 7. The van der Waals surface area contributed by atoms with Crippen LogP contribution in [0.1, 0.15) is 33.6 Å². The molecule has 3 nitrogen and oxygen atoms in total. The van der Waals surface area contributed by atoms with E-state index in [4.69, 9.17) is 0 Å². The van der Waals surface area contributed by atoms with Crippen LogP contribution in [0.15, 0.2) is 0 Å². The van der Waals surface area contributed by atoms with Crippen LogP contribution in [-0.4, -0.2) is 26.0 Å². The van der Waals surface area contributed by atoms with E-state index in [0.717, 1.165) is 25.4 Å². The van der Waals surface area contributed by atoms with Gasteiger partial charge in [-0.1, -0.05) is 20.8 Å². The molecule has 0 aromatic heterocycles. The van der Waals surface area contributed by atoms with Crippen LogP contribution < -0.4 is 10.6 Å². The molecular formula is C11H24N2O. The molecule has 14 heavy (non-hydrogen) atoms. The summed E-state index contributed by atoms with van der Waals surface area (Å²) in [6.45, 7) is 7.90. The molecule has 84 valence electrons. The molecule has 1 amide bonds. The molecular weight excluding hydrogens is 176 g/mol. The molecule has 0 aromatic carbocycles. The highest BCUT2D eigenvalue weighted by Gasteiger charge is 2.10. The largest absolute Gasteiger partial charge is 0.356 e. The maximum atomic E-state index is 11.4. The van der Waals surface area contributed by atoms with Gasteiger partial charge in [0.15, 0.2) is 0 Å². The first-order chi connectivity index (χ1) is 6.57. The maximum absolute atomic E-state index is 11.4. The third-order valence-corrected chi connectivity index (χ3v) is 2.22. The summed E-state index contributed by atoms with van der Waals surface area (Å²) in [4.78, 5) is 11.4. The van der Waals surface area contributed by atoms with Crippen LogP contribution in [0.25, 0.3) is 0 Å². The third kappa shape index (κ3) is 6.89. The van der Waals surface area contributed by atoms with Crippen molar-refractivity contribution in [1.29, 1.82) is 0 Å². The Bertz CT molecular complexity index is 157. The van der Waals surface area contributed by atoms with Crippen LogP contribution in [0.5, 0.6) is 0 Å². The molecule has 0 saturated heterocycles. The van der Waals surface area contributed by atoms with Gasteiger partial charge in [-0.3, -0.25) is 4.79 Å². The minimum atomic E-state index is 0.0686. The Hall–Kier alpha value is -0.570. The summed E-state index contributed by atoms with van der Waals surface area (Å²) in [5.74, 6) is 0.948. The Morgan fingerprint density at radius 2 is 1.93 bits per heavy atom. The predicted octanol–water partition coefficient (Wildman–Crippen LogP) is 1.39. The second kappa shape index (κ2) is 7.80. The summed E-state index contributed by atoms with van der Waals surface area (Å²) in [6, 6.07) is 0. The molecule has 2 N–H and O–H groups in total. The van der Waals surface area contributed by atoms with Gasteiger partial charge in [-0.15, -0.1) is 0 Å². The van der Waals surface area contributed by atoms with E-state index in [2.05, 4.69) is 24.5 Å². The molecule has 0 aliphatic rings. The summed E-state index contributed by atoms with van der Waals surface area (Å²) in [7, 11) is 1.86. The second-order valence-corrected chi connectivity index (χ2v) is 4.29. The minimum Gasteiger partial charge on any atom is -0.356 e. The zero-order valence-electron chi connectivity index (χ0n) is 9.89. The van der Waals surface area contributed by atoms with Crippen molar-refractivity contribution in [3.8, 4) is 0 Å². The molecule has 0 aromatic rings. The Kier molecular flexibility index (Phi) is 7.48. The lowest BCUT2D eigenvalue weighted by molar-refractivity contribution is -0.124. The average molecular weight is 200 g/mol. The van der Waals surface area contributed by atoms with Gasteiger partial charge in [0.05, 0.1) is 0 Å². The number of nitrogens with one attached hydrogen (secondary N) is 2. The van der Waals surface area contributed by atoms with Crippen molar-refractivity contribution >= 4 is 5.91 Å². The van der Waals surface area contributed by atoms with Crippen molar-refractivity contribution in [2.24, 2.45) is 11.8 Å². The predicted molar refractivity (Wildman–Crippen MR) is 60.2 cm³/mol. The topological polar surface area (TPSA) is 41.1 Å². The van der Waals surface area contributed by atoms with Gasteiger partial charge in [-0.25, -0.2) is 0 Å². The maximum Gasteiger partial charge on any atom is 0.224 e. The van der Waals surface area contributed by atoms with Crippen molar-refractivity contribution in [2.45, 2.75) is 33.6 Å². The van der Waals surface area contributed by atoms with Gasteiger partial charge < -0.3 is 10.6 Å². The van der Waals surface area contributed by atoms with E-state index in [1.54, 1.807) is 0 Å². The SMILES string of the molecule is CNCC(C)C(=O)NCCCC(C)C. The smallest absolute Gasteiger partial charge is 0.224 e. The molecule has 0 spiro atoms. The highest BCUT2D eigenvalue weighted by Crippen LogP contribution is 2.02. The molecule has 0 bridgehead atoms. The number of hydrogen-bond donors (Lipinski definition) is 2. The van der Waals surface area contributed by atoms with Crippen LogP contribution >= 0.6 is 0 Å². The number of amides is 1. The van der Waals surface area contributed by atoms with Gasteiger partial charge in [0.25, 0.3) is 0 Å². The van der Waals surface area contributed by atoms with E-state index >= 15 is 0 Å². The highest BCUT2D eigenvalue weighted by molar-refractivity contribution is 5.78. The van der Waals surface area contributed by atoms with Gasteiger partial charge in [0.1, 0.15) is 0 Å². The highest BCUT2D eigenvalue weighted by atomic mass is 16.1. The normalized spacial score (nSPS) is 12.9. The molecule has 0 rings (SSSR count). The van der Waals surface area contributed by atoms with Crippen LogP contribution in [-0.2, 0) is 4.79 Å². The van der Waals surface area contributed by atoms with E-state index < -0.39 is 0 Å². The standard InChI is InChI=1S/C11H24N2O/c1-9(2)6-5-7-13-11(14)10(3)8-12-4/h9-10,12H,5-8H2,1-4H3,(H,13,14). The first kappa shape index (κ1) is 13.4. The van der Waals surface area contributed by atoms with Gasteiger partial charge in [-0.05, 0) is 25.8 Å². The monoisotopic (exact) mass is 200 g/mol. The fraction of sp³-hybridized carbons (Fsp3) is 0.909. The molecule has 0 saturated carbocycles. The van der Waals surface area contributed by atoms with Gasteiger partial charge in [-0.2, -0.15) is 0 Å². The second-order valence-electron chi connectivity index (χ2n) is 4.29. The van der Waals surface area contributed by atoms with Crippen molar-refractivity contribution in [1.82, 2.24) is 10.6 Å². The van der Waals surface area contributed by atoms with Crippen molar-refractivity contribution < 1.29 is 4.79 Å². The van der Waals surface area contributed by atoms with E-state index in [0.29, 0.717) is 0 Å². The molecule has 1 atom stereocenters. The summed E-state index contributed by atoms with van der Waals surface area (Å²) >= 11 is 0. The lowest BCUT2D eigenvalue weighted by Gasteiger charge is -2.11. The van der Waals surface area contributed by atoms with E-state index in [-0.39, 0.29) is 11.8 Å². The van der Waals surface area contributed by atoms with E-state index in [9.17, 15) is 4.79 Å². The quantitative estimate of drug-likeness (QED) is 0.610. The molecule has 0 aliphatic carbocycles. The van der Waals surface area contributed by atoms with Gasteiger partial charge in [0.2, 0.25) is 5.91 Å².